The van der Waals surface area contributed by atoms with Gasteiger partial charge in [-0.25, -0.2) is 0 Å². The number of halogens is 1. The van der Waals surface area contributed by atoms with Crippen molar-refractivity contribution in [1.82, 2.24) is 15.1 Å². The van der Waals surface area contributed by atoms with E-state index in [1.54, 1.807) is 0 Å². The summed E-state index contributed by atoms with van der Waals surface area (Å²) in [5, 5.41) is 8.34. The molecule has 2 atom stereocenters. The number of rotatable bonds is 9. The molecule has 0 fully saturated rings. The van der Waals surface area contributed by atoms with E-state index < -0.39 is 0 Å². The van der Waals surface area contributed by atoms with Gasteiger partial charge in [-0.05, 0) is 55.1 Å². The van der Waals surface area contributed by atoms with Gasteiger partial charge in [0, 0.05) is 19.0 Å². The standard InChI is InChI=1S/C16H30BrN3/c1-6-9-12(4)14(18-10-7-2)11-15-16(17)13(5)19-20(15)8-3/h12,14,18H,6-11H2,1-5H3. The summed E-state index contributed by atoms with van der Waals surface area (Å²) >= 11 is 3.72. The first kappa shape index (κ1) is 17.7. The smallest absolute Gasteiger partial charge is 0.0738 e. The first-order valence-corrected chi connectivity index (χ1v) is 8.79. The molecule has 1 aromatic rings. The average Bonchev–Trinajstić information content (AvgIpc) is 2.70. The molecule has 2 unspecified atom stereocenters. The molecule has 0 bridgehead atoms. The third-order valence-corrected chi connectivity index (χ3v) is 4.99. The summed E-state index contributed by atoms with van der Waals surface area (Å²) in [6.45, 7) is 13.1. The minimum absolute atomic E-state index is 0.535. The predicted molar refractivity (Wildman–Crippen MR) is 90.2 cm³/mol. The molecule has 0 aliphatic rings. The fraction of sp³-hybridized carbons (Fsp3) is 0.812. The molecule has 0 radical (unpaired) electrons. The fourth-order valence-corrected chi connectivity index (χ4v) is 3.18. The Balaban J connectivity index is 2.87. The van der Waals surface area contributed by atoms with Gasteiger partial charge in [0.2, 0.25) is 0 Å². The molecule has 1 heterocycles. The van der Waals surface area contributed by atoms with Gasteiger partial charge in [0.05, 0.1) is 15.9 Å². The highest BCUT2D eigenvalue weighted by Crippen LogP contribution is 2.24. The van der Waals surface area contributed by atoms with Crippen molar-refractivity contribution < 1.29 is 0 Å². The van der Waals surface area contributed by atoms with Crippen molar-refractivity contribution in [3.8, 4) is 0 Å². The third-order valence-electron chi connectivity index (χ3n) is 3.95. The lowest BCUT2D eigenvalue weighted by atomic mass is 9.93. The lowest BCUT2D eigenvalue weighted by molar-refractivity contribution is 0.345. The Morgan fingerprint density at radius 1 is 1.25 bits per heavy atom. The SMILES string of the molecule is CCCNC(Cc1c(Br)c(C)nn1CC)C(C)CCC. The summed E-state index contributed by atoms with van der Waals surface area (Å²) in [7, 11) is 0. The monoisotopic (exact) mass is 343 g/mol. The number of hydrogen-bond acceptors (Lipinski definition) is 2. The maximum atomic E-state index is 4.61. The van der Waals surface area contributed by atoms with Crippen LogP contribution in [0.5, 0.6) is 0 Å². The lowest BCUT2D eigenvalue weighted by Crippen LogP contribution is -2.38. The van der Waals surface area contributed by atoms with E-state index >= 15 is 0 Å². The van der Waals surface area contributed by atoms with Gasteiger partial charge < -0.3 is 5.32 Å². The zero-order valence-corrected chi connectivity index (χ0v) is 15.3. The van der Waals surface area contributed by atoms with Crippen molar-refractivity contribution in [3.63, 3.8) is 0 Å². The topological polar surface area (TPSA) is 29.9 Å². The van der Waals surface area contributed by atoms with Crippen LogP contribution in [0.4, 0.5) is 0 Å². The van der Waals surface area contributed by atoms with E-state index in [1.807, 2.05) is 0 Å². The molecule has 0 aliphatic heterocycles. The van der Waals surface area contributed by atoms with Crippen molar-refractivity contribution in [2.24, 2.45) is 5.92 Å². The van der Waals surface area contributed by atoms with E-state index in [9.17, 15) is 0 Å². The fourth-order valence-electron chi connectivity index (χ4n) is 2.73. The molecule has 0 saturated carbocycles. The summed E-state index contributed by atoms with van der Waals surface area (Å²) in [6.07, 6.45) is 4.76. The van der Waals surface area contributed by atoms with Crippen molar-refractivity contribution in [1.29, 1.82) is 0 Å². The molecule has 0 amide bonds. The molecule has 3 nitrogen and oxygen atoms in total. The van der Waals surface area contributed by atoms with E-state index in [1.165, 1.54) is 29.4 Å². The molecular formula is C16H30BrN3. The summed E-state index contributed by atoms with van der Waals surface area (Å²) in [6, 6.07) is 0.535. The second-order valence-corrected chi connectivity index (χ2v) is 6.49. The summed E-state index contributed by atoms with van der Waals surface area (Å²) in [5.74, 6) is 0.693. The van der Waals surface area contributed by atoms with Crippen molar-refractivity contribution >= 4 is 15.9 Å². The molecular weight excluding hydrogens is 314 g/mol. The Morgan fingerprint density at radius 3 is 2.50 bits per heavy atom. The highest BCUT2D eigenvalue weighted by molar-refractivity contribution is 9.10. The molecule has 116 valence electrons. The van der Waals surface area contributed by atoms with Crippen LogP contribution >= 0.6 is 15.9 Å². The first-order valence-electron chi connectivity index (χ1n) is 8.00. The van der Waals surface area contributed by atoms with Crippen LogP contribution in [0.2, 0.25) is 0 Å². The van der Waals surface area contributed by atoms with Crippen molar-refractivity contribution in [3.05, 3.63) is 15.9 Å². The van der Waals surface area contributed by atoms with Crippen LogP contribution in [-0.2, 0) is 13.0 Å². The van der Waals surface area contributed by atoms with Crippen LogP contribution in [-0.4, -0.2) is 22.4 Å². The largest absolute Gasteiger partial charge is 0.313 e. The molecule has 1 rings (SSSR count). The normalized spacial score (nSPS) is 14.5. The number of hydrogen-bond donors (Lipinski definition) is 1. The molecule has 0 saturated heterocycles. The Kier molecular flexibility index (Phi) is 7.82. The molecule has 1 aromatic heterocycles. The maximum absolute atomic E-state index is 4.61. The van der Waals surface area contributed by atoms with Crippen LogP contribution in [0, 0.1) is 12.8 Å². The molecule has 0 aliphatic carbocycles. The Bertz CT molecular complexity index is 401. The van der Waals surface area contributed by atoms with Gasteiger partial charge in [-0.3, -0.25) is 4.68 Å². The second-order valence-electron chi connectivity index (χ2n) is 5.69. The van der Waals surface area contributed by atoms with E-state index in [4.69, 9.17) is 0 Å². The van der Waals surface area contributed by atoms with E-state index in [0.29, 0.717) is 12.0 Å². The van der Waals surface area contributed by atoms with E-state index in [0.717, 1.165) is 25.2 Å². The highest BCUT2D eigenvalue weighted by atomic mass is 79.9. The van der Waals surface area contributed by atoms with Gasteiger partial charge in [0.1, 0.15) is 0 Å². The van der Waals surface area contributed by atoms with Gasteiger partial charge in [0.15, 0.2) is 0 Å². The van der Waals surface area contributed by atoms with Gasteiger partial charge in [0.25, 0.3) is 0 Å². The Morgan fingerprint density at radius 2 is 1.95 bits per heavy atom. The van der Waals surface area contributed by atoms with E-state index in [2.05, 4.69) is 65.6 Å². The lowest BCUT2D eigenvalue weighted by Gasteiger charge is -2.25. The number of nitrogens with one attached hydrogen (secondary N) is 1. The number of aromatic nitrogens is 2. The van der Waals surface area contributed by atoms with Gasteiger partial charge in [-0.15, -0.1) is 0 Å². The van der Waals surface area contributed by atoms with E-state index in [-0.39, 0.29) is 0 Å². The summed E-state index contributed by atoms with van der Waals surface area (Å²) < 4.78 is 3.32. The average molecular weight is 344 g/mol. The first-order chi connectivity index (χ1) is 9.54. The Labute approximate surface area is 132 Å². The van der Waals surface area contributed by atoms with Gasteiger partial charge >= 0.3 is 0 Å². The van der Waals surface area contributed by atoms with Crippen LogP contribution in [0.1, 0.15) is 58.3 Å². The van der Waals surface area contributed by atoms with Crippen LogP contribution < -0.4 is 5.32 Å². The zero-order valence-electron chi connectivity index (χ0n) is 13.7. The summed E-state index contributed by atoms with van der Waals surface area (Å²) in [5.41, 5.74) is 2.43. The van der Waals surface area contributed by atoms with Crippen molar-refractivity contribution in [2.75, 3.05) is 6.54 Å². The second kappa shape index (κ2) is 8.83. The van der Waals surface area contributed by atoms with Gasteiger partial charge in [-0.2, -0.15) is 5.10 Å². The summed E-state index contributed by atoms with van der Waals surface area (Å²) in [4.78, 5) is 0. The predicted octanol–water partition coefficient (Wildman–Crippen LogP) is 4.32. The molecule has 0 spiro atoms. The van der Waals surface area contributed by atoms with Crippen LogP contribution in [0.25, 0.3) is 0 Å². The molecule has 1 N–H and O–H groups in total. The number of nitrogens with zero attached hydrogens (tertiary/aromatic N) is 2. The molecule has 0 aromatic carbocycles. The maximum Gasteiger partial charge on any atom is 0.0738 e. The zero-order chi connectivity index (χ0) is 15.1. The molecule has 20 heavy (non-hydrogen) atoms. The third kappa shape index (κ3) is 4.59. The van der Waals surface area contributed by atoms with Gasteiger partial charge in [-0.1, -0.05) is 27.2 Å². The van der Waals surface area contributed by atoms with Crippen LogP contribution in [0.15, 0.2) is 4.47 Å². The quantitative estimate of drug-likeness (QED) is 0.723. The van der Waals surface area contributed by atoms with Crippen molar-refractivity contribution in [2.45, 2.75) is 72.9 Å². The minimum Gasteiger partial charge on any atom is -0.313 e. The minimum atomic E-state index is 0.535. The van der Waals surface area contributed by atoms with Crippen LogP contribution in [0.3, 0.4) is 0 Å². The number of aryl methyl sites for hydroxylation is 2. The Hall–Kier alpha value is -0.350. The molecule has 4 heteroatoms. The highest BCUT2D eigenvalue weighted by Gasteiger charge is 2.21.